The van der Waals surface area contributed by atoms with Gasteiger partial charge in [0.25, 0.3) is 5.91 Å². The Bertz CT molecular complexity index is 677. The number of rotatable bonds is 3. The molecular formula is C14H11ClN4O. The van der Waals surface area contributed by atoms with Gasteiger partial charge in [0.2, 0.25) is 0 Å². The van der Waals surface area contributed by atoms with Crippen molar-refractivity contribution >= 4 is 28.9 Å². The van der Waals surface area contributed by atoms with E-state index in [-0.39, 0.29) is 5.91 Å². The third kappa shape index (κ3) is 3.06. The number of nitrogens with zero attached hydrogens (tertiary/aromatic N) is 1. The highest BCUT2D eigenvalue weighted by atomic mass is 35.5. The van der Waals surface area contributed by atoms with Gasteiger partial charge in [-0.2, -0.15) is 5.26 Å². The Labute approximate surface area is 120 Å². The zero-order valence-corrected chi connectivity index (χ0v) is 11.1. The number of hydrazine groups is 1. The lowest BCUT2D eigenvalue weighted by Crippen LogP contribution is -2.17. The minimum Gasteiger partial charge on any atom is -0.323 e. The smallest absolute Gasteiger partial charge is 0.257 e. The molecule has 0 fully saturated rings. The average Bonchev–Trinajstić information content (AvgIpc) is 2.48. The number of halogens is 1. The van der Waals surface area contributed by atoms with Crippen LogP contribution in [0.25, 0.3) is 0 Å². The first-order chi connectivity index (χ1) is 9.63. The summed E-state index contributed by atoms with van der Waals surface area (Å²) in [4.78, 5) is 12.2. The molecule has 4 N–H and O–H groups in total. The standard InChI is InChI=1S/C14H11ClN4O/c15-10-3-6-13(19-17)12(7-10)14(20)18-11-4-1-9(8-16)2-5-11/h1-7,19H,17H2,(H,18,20). The molecule has 0 saturated carbocycles. The zero-order valence-electron chi connectivity index (χ0n) is 10.4. The molecule has 0 radical (unpaired) electrons. The van der Waals surface area contributed by atoms with Crippen molar-refractivity contribution in [3.8, 4) is 6.07 Å². The van der Waals surface area contributed by atoms with E-state index in [9.17, 15) is 4.79 Å². The van der Waals surface area contributed by atoms with Crippen LogP contribution in [0.4, 0.5) is 11.4 Å². The van der Waals surface area contributed by atoms with Crippen LogP contribution >= 0.6 is 11.6 Å². The van der Waals surface area contributed by atoms with E-state index in [0.29, 0.717) is 27.5 Å². The van der Waals surface area contributed by atoms with Crippen LogP contribution in [0.3, 0.4) is 0 Å². The first kappa shape index (κ1) is 13.9. The summed E-state index contributed by atoms with van der Waals surface area (Å²) in [5.74, 6) is 5.02. The lowest BCUT2D eigenvalue weighted by atomic mass is 10.1. The van der Waals surface area contributed by atoms with Crippen LogP contribution in [-0.4, -0.2) is 5.91 Å². The van der Waals surface area contributed by atoms with Crippen molar-refractivity contribution in [1.82, 2.24) is 0 Å². The van der Waals surface area contributed by atoms with Gasteiger partial charge in [-0.3, -0.25) is 10.6 Å². The van der Waals surface area contributed by atoms with Gasteiger partial charge in [0.1, 0.15) is 0 Å². The van der Waals surface area contributed by atoms with Gasteiger partial charge in [0.05, 0.1) is 22.9 Å². The van der Waals surface area contributed by atoms with Gasteiger partial charge in [0.15, 0.2) is 0 Å². The highest BCUT2D eigenvalue weighted by Gasteiger charge is 2.12. The number of amides is 1. The van der Waals surface area contributed by atoms with Gasteiger partial charge in [-0.1, -0.05) is 11.6 Å². The number of nitrogens with one attached hydrogen (secondary N) is 2. The normalized spacial score (nSPS) is 9.65. The summed E-state index contributed by atoms with van der Waals surface area (Å²) in [6, 6.07) is 13.3. The number of anilines is 2. The van der Waals surface area contributed by atoms with Crippen LogP contribution in [0, 0.1) is 11.3 Å². The lowest BCUT2D eigenvalue weighted by Gasteiger charge is -2.10. The topological polar surface area (TPSA) is 90.9 Å². The van der Waals surface area contributed by atoms with Crippen LogP contribution in [0.5, 0.6) is 0 Å². The summed E-state index contributed by atoms with van der Waals surface area (Å²) in [6.07, 6.45) is 0. The third-order valence-corrected chi connectivity index (χ3v) is 2.89. The highest BCUT2D eigenvalue weighted by molar-refractivity contribution is 6.31. The Morgan fingerprint density at radius 3 is 2.50 bits per heavy atom. The molecule has 0 spiro atoms. The van der Waals surface area contributed by atoms with Crippen LogP contribution < -0.4 is 16.6 Å². The monoisotopic (exact) mass is 286 g/mol. The van der Waals surface area contributed by atoms with Gasteiger partial charge in [-0.25, -0.2) is 0 Å². The highest BCUT2D eigenvalue weighted by Crippen LogP contribution is 2.21. The van der Waals surface area contributed by atoms with E-state index in [2.05, 4.69) is 10.7 Å². The summed E-state index contributed by atoms with van der Waals surface area (Å²) >= 11 is 5.88. The molecule has 0 aliphatic carbocycles. The summed E-state index contributed by atoms with van der Waals surface area (Å²) < 4.78 is 0. The van der Waals surface area contributed by atoms with Crippen molar-refractivity contribution in [2.45, 2.75) is 0 Å². The molecule has 6 heteroatoms. The molecule has 0 atom stereocenters. The van der Waals surface area contributed by atoms with E-state index >= 15 is 0 Å². The summed E-state index contributed by atoms with van der Waals surface area (Å²) in [5, 5.41) is 11.9. The molecule has 5 nitrogen and oxygen atoms in total. The van der Waals surface area contributed by atoms with Gasteiger partial charge >= 0.3 is 0 Å². The first-order valence-corrected chi connectivity index (χ1v) is 6.09. The minimum absolute atomic E-state index is 0.337. The molecule has 0 aromatic heterocycles. The van der Waals surface area contributed by atoms with Crippen molar-refractivity contribution in [2.75, 3.05) is 10.7 Å². The van der Waals surface area contributed by atoms with Crippen LogP contribution in [0.15, 0.2) is 42.5 Å². The second-order valence-electron chi connectivity index (χ2n) is 3.98. The molecule has 1 amide bonds. The maximum absolute atomic E-state index is 12.2. The van der Waals surface area contributed by atoms with Gasteiger partial charge in [-0.15, -0.1) is 0 Å². The predicted octanol–water partition coefficient (Wildman–Crippen LogP) is 2.75. The number of carbonyl (C=O) groups excluding carboxylic acids is 1. The van der Waals surface area contributed by atoms with Crippen LogP contribution in [0.2, 0.25) is 5.02 Å². The molecule has 0 heterocycles. The Morgan fingerprint density at radius 1 is 1.20 bits per heavy atom. The molecule has 0 unspecified atom stereocenters. The number of hydrogen-bond acceptors (Lipinski definition) is 4. The van der Waals surface area contributed by atoms with Gasteiger partial charge in [0, 0.05) is 10.7 Å². The number of hydrogen-bond donors (Lipinski definition) is 3. The molecule has 0 saturated heterocycles. The van der Waals surface area contributed by atoms with Crippen molar-refractivity contribution in [3.63, 3.8) is 0 Å². The van der Waals surface area contributed by atoms with Crippen LogP contribution in [-0.2, 0) is 0 Å². The molecule has 2 rings (SSSR count). The van der Waals surface area contributed by atoms with Crippen molar-refractivity contribution in [2.24, 2.45) is 5.84 Å². The molecule has 0 aliphatic rings. The number of carbonyl (C=O) groups is 1. The van der Waals surface area contributed by atoms with E-state index in [0.717, 1.165) is 0 Å². The van der Waals surface area contributed by atoms with Crippen LogP contribution in [0.1, 0.15) is 15.9 Å². The molecule has 2 aromatic rings. The van der Waals surface area contributed by atoms with E-state index < -0.39 is 0 Å². The SMILES string of the molecule is N#Cc1ccc(NC(=O)c2cc(Cl)ccc2NN)cc1. The second-order valence-corrected chi connectivity index (χ2v) is 4.41. The van der Waals surface area contributed by atoms with Gasteiger partial charge in [-0.05, 0) is 42.5 Å². The molecule has 0 aliphatic heterocycles. The Morgan fingerprint density at radius 2 is 1.90 bits per heavy atom. The Hall–Kier alpha value is -2.55. The maximum atomic E-state index is 12.2. The summed E-state index contributed by atoms with van der Waals surface area (Å²) in [5.41, 5.74) is 4.36. The van der Waals surface area contributed by atoms with Crippen molar-refractivity contribution in [1.29, 1.82) is 5.26 Å². The summed E-state index contributed by atoms with van der Waals surface area (Å²) in [6.45, 7) is 0. The maximum Gasteiger partial charge on any atom is 0.257 e. The third-order valence-electron chi connectivity index (χ3n) is 2.65. The van der Waals surface area contributed by atoms with E-state index in [1.807, 2.05) is 6.07 Å². The Kier molecular flexibility index (Phi) is 4.20. The van der Waals surface area contributed by atoms with Crippen molar-refractivity contribution < 1.29 is 4.79 Å². The predicted molar refractivity (Wildman–Crippen MR) is 78.4 cm³/mol. The fraction of sp³-hybridized carbons (Fsp3) is 0. The fourth-order valence-electron chi connectivity index (χ4n) is 1.66. The number of nitrogen functional groups attached to an aromatic ring is 1. The largest absolute Gasteiger partial charge is 0.323 e. The van der Waals surface area contributed by atoms with Gasteiger partial charge < -0.3 is 10.7 Å². The molecule has 100 valence electrons. The summed E-state index contributed by atoms with van der Waals surface area (Å²) in [7, 11) is 0. The number of benzene rings is 2. The Balaban J connectivity index is 2.23. The molecule has 20 heavy (non-hydrogen) atoms. The zero-order chi connectivity index (χ0) is 14.5. The quantitative estimate of drug-likeness (QED) is 0.598. The van der Waals surface area contributed by atoms with E-state index in [1.165, 1.54) is 6.07 Å². The molecule has 0 bridgehead atoms. The fourth-order valence-corrected chi connectivity index (χ4v) is 1.83. The molecular weight excluding hydrogens is 276 g/mol. The van der Waals surface area contributed by atoms with Crippen molar-refractivity contribution in [3.05, 3.63) is 58.6 Å². The van der Waals surface area contributed by atoms with E-state index in [4.69, 9.17) is 22.7 Å². The number of nitrogens with two attached hydrogens (primary N) is 1. The second kappa shape index (κ2) is 6.06. The number of nitriles is 1. The van der Waals surface area contributed by atoms with E-state index in [1.54, 1.807) is 36.4 Å². The first-order valence-electron chi connectivity index (χ1n) is 5.71. The average molecular weight is 287 g/mol. The molecule has 2 aromatic carbocycles. The lowest BCUT2D eigenvalue weighted by molar-refractivity contribution is 0.102. The minimum atomic E-state index is -0.342.